The van der Waals surface area contributed by atoms with Crippen molar-refractivity contribution in [2.45, 2.75) is 12.8 Å². The fraction of sp³-hybridized carbons (Fsp3) is 0.188. The molecule has 1 aliphatic heterocycles. The lowest BCUT2D eigenvalue weighted by atomic mass is 10.0. The van der Waals surface area contributed by atoms with Gasteiger partial charge in [0.2, 0.25) is 0 Å². The van der Waals surface area contributed by atoms with Crippen molar-refractivity contribution in [2.24, 2.45) is 0 Å². The lowest BCUT2D eigenvalue weighted by Crippen LogP contribution is -2.35. The van der Waals surface area contributed by atoms with E-state index in [1.807, 2.05) is 0 Å². The molecule has 0 aromatic heterocycles. The number of non-ortho nitro benzene ring substituents is 1. The first-order chi connectivity index (χ1) is 10.6. The van der Waals surface area contributed by atoms with Gasteiger partial charge < -0.3 is 4.90 Å². The standard InChI is InChI=1S/C16H13FN2O3/c17-13-5-8-15-12(10-13)2-1-9-18(15)16(20)11-3-6-14(7-4-11)19(21)22/h3-8,10H,1-2,9H2. The van der Waals surface area contributed by atoms with Crippen LogP contribution in [-0.4, -0.2) is 17.4 Å². The van der Waals surface area contributed by atoms with E-state index in [2.05, 4.69) is 0 Å². The lowest BCUT2D eigenvalue weighted by Gasteiger charge is -2.29. The zero-order valence-corrected chi connectivity index (χ0v) is 11.7. The molecule has 3 rings (SSSR count). The summed E-state index contributed by atoms with van der Waals surface area (Å²) in [4.78, 5) is 24.3. The molecule has 1 aliphatic rings. The van der Waals surface area contributed by atoms with E-state index >= 15 is 0 Å². The van der Waals surface area contributed by atoms with Crippen LogP contribution in [0.3, 0.4) is 0 Å². The van der Waals surface area contributed by atoms with E-state index < -0.39 is 4.92 Å². The molecule has 0 fully saturated rings. The van der Waals surface area contributed by atoms with Crippen LogP contribution in [0.1, 0.15) is 22.3 Å². The molecule has 1 amide bonds. The molecular formula is C16H13FN2O3. The normalized spacial score (nSPS) is 13.6. The monoisotopic (exact) mass is 300 g/mol. The average Bonchev–Trinajstić information content (AvgIpc) is 2.53. The summed E-state index contributed by atoms with van der Waals surface area (Å²) >= 11 is 0. The number of carbonyl (C=O) groups is 1. The molecule has 0 radical (unpaired) electrons. The van der Waals surface area contributed by atoms with Crippen LogP contribution in [0.25, 0.3) is 0 Å². The second-order valence-corrected chi connectivity index (χ2v) is 5.14. The first kappa shape index (κ1) is 14.2. The first-order valence-electron chi connectivity index (χ1n) is 6.91. The number of fused-ring (bicyclic) bond motifs is 1. The molecule has 0 spiro atoms. The number of halogens is 1. The third kappa shape index (κ3) is 2.55. The highest BCUT2D eigenvalue weighted by Crippen LogP contribution is 2.29. The third-order valence-electron chi connectivity index (χ3n) is 3.73. The van der Waals surface area contributed by atoms with Gasteiger partial charge in [0.05, 0.1) is 4.92 Å². The van der Waals surface area contributed by atoms with Crippen LogP contribution in [0.5, 0.6) is 0 Å². The van der Waals surface area contributed by atoms with Gasteiger partial charge in [0.1, 0.15) is 5.82 Å². The van der Waals surface area contributed by atoms with Gasteiger partial charge in [-0.1, -0.05) is 0 Å². The predicted molar refractivity (Wildman–Crippen MR) is 79.5 cm³/mol. The Morgan fingerprint density at radius 1 is 1.18 bits per heavy atom. The summed E-state index contributed by atoms with van der Waals surface area (Å²) in [6, 6.07) is 9.89. The van der Waals surface area contributed by atoms with Gasteiger partial charge in [-0.15, -0.1) is 0 Å². The van der Waals surface area contributed by atoms with Crippen molar-refractivity contribution in [1.82, 2.24) is 0 Å². The second-order valence-electron chi connectivity index (χ2n) is 5.14. The topological polar surface area (TPSA) is 63.4 Å². The Morgan fingerprint density at radius 3 is 2.59 bits per heavy atom. The van der Waals surface area contributed by atoms with E-state index in [0.717, 1.165) is 18.4 Å². The van der Waals surface area contributed by atoms with Crippen LogP contribution in [0.15, 0.2) is 42.5 Å². The lowest BCUT2D eigenvalue weighted by molar-refractivity contribution is -0.384. The second kappa shape index (κ2) is 5.55. The number of hydrogen-bond acceptors (Lipinski definition) is 3. The fourth-order valence-corrected chi connectivity index (χ4v) is 2.66. The van der Waals surface area contributed by atoms with E-state index in [1.165, 1.54) is 36.4 Å². The number of rotatable bonds is 2. The first-order valence-corrected chi connectivity index (χ1v) is 6.91. The van der Waals surface area contributed by atoms with Gasteiger partial charge in [0.25, 0.3) is 11.6 Å². The minimum absolute atomic E-state index is 0.0577. The molecule has 0 saturated carbocycles. The maximum atomic E-state index is 13.3. The smallest absolute Gasteiger partial charge is 0.269 e. The van der Waals surface area contributed by atoms with Crippen LogP contribution in [0.2, 0.25) is 0 Å². The average molecular weight is 300 g/mol. The Balaban J connectivity index is 1.92. The number of amides is 1. The molecule has 6 heteroatoms. The number of anilines is 1. The summed E-state index contributed by atoms with van der Waals surface area (Å²) in [5, 5.41) is 10.7. The Bertz CT molecular complexity index is 744. The maximum Gasteiger partial charge on any atom is 0.269 e. The SMILES string of the molecule is O=C(c1ccc([N+](=O)[O-])cc1)N1CCCc2cc(F)ccc21. The van der Waals surface area contributed by atoms with Gasteiger partial charge >= 0.3 is 0 Å². The van der Waals surface area contributed by atoms with Crippen molar-refractivity contribution in [2.75, 3.05) is 11.4 Å². The number of nitrogens with zero attached hydrogens (tertiary/aromatic N) is 2. The van der Waals surface area contributed by atoms with E-state index in [9.17, 15) is 19.3 Å². The molecule has 0 N–H and O–H groups in total. The summed E-state index contributed by atoms with van der Waals surface area (Å²) in [5.74, 6) is -0.550. The summed E-state index contributed by atoms with van der Waals surface area (Å²) < 4.78 is 13.3. The minimum Gasteiger partial charge on any atom is -0.308 e. The molecule has 0 unspecified atom stereocenters. The Kier molecular flexibility index (Phi) is 3.58. The van der Waals surface area contributed by atoms with Gasteiger partial charge in [0, 0.05) is 29.9 Å². The molecule has 0 atom stereocenters. The molecule has 112 valence electrons. The van der Waals surface area contributed by atoms with Crippen molar-refractivity contribution < 1.29 is 14.1 Å². The van der Waals surface area contributed by atoms with Gasteiger partial charge in [-0.3, -0.25) is 14.9 Å². The quantitative estimate of drug-likeness (QED) is 0.631. The van der Waals surface area contributed by atoms with Crippen molar-refractivity contribution in [1.29, 1.82) is 0 Å². The number of benzene rings is 2. The molecule has 1 heterocycles. The predicted octanol–water partition coefficient (Wildman–Crippen LogP) is 3.33. The van der Waals surface area contributed by atoms with E-state index in [0.29, 0.717) is 17.8 Å². The summed E-state index contributed by atoms with van der Waals surface area (Å²) in [6.45, 7) is 0.550. The molecule has 0 aliphatic carbocycles. The van der Waals surface area contributed by atoms with Gasteiger partial charge in [-0.05, 0) is 48.7 Å². The largest absolute Gasteiger partial charge is 0.308 e. The van der Waals surface area contributed by atoms with Crippen LogP contribution < -0.4 is 4.90 Å². The van der Waals surface area contributed by atoms with Crippen LogP contribution in [0.4, 0.5) is 15.8 Å². The third-order valence-corrected chi connectivity index (χ3v) is 3.73. The fourth-order valence-electron chi connectivity index (χ4n) is 2.66. The maximum absolute atomic E-state index is 13.3. The zero-order valence-electron chi connectivity index (χ0n) is 11.7. The van der Waals surface area contributed by atoms with E-state index in [1.54, 1.807) is 11.0 Å². The van der Waals surface area contributed by atoms with Gasteiger partial charge in [0.15, 0.2) is 0 Å². The number of aryl methyl sites for hydroxylation is 1. The molecule has 2 aromatic carbocycles. The van der Waals surface area contributed by atoms with Crippen molar-refractivity contribution in [3.05, 3.63) is 69.5 Å². The summed E-state index contributed by atoms with van der Waals surface area (Å²) in [7, 11) is 0. The number of nitro groups is 1. The van der Waals surface area contributed by atoms with Crippen molar-refractivity contribution in [3.63, 3.8) is 0 Å². The zero-order chi connectivity index (χ0) is 15.7. The number of nitro benzene ring substituents is 1. The molecule has 2 aromatic rings. The minimum atomic E-state index is -0.507. The molecular weight excluding hydrogens is 287 g/mol. The molecule has 0 bridgehead atoms. The number of hydrogen-bond donors (Lipinski definition) is 0. The Morgan fingerprint density at radius 2 is 1.91 bits per heavy atom. The summed E-state index contributed by atoms with van der Waals surface area (Å²) in [6.07, 6.45) is 1.49. The van der Waals surface area contributed by atoms with Crippen LogP contribution >= 0.6 is 0 Å². The number of carbonyl (C=O) groups excluding carboxylic acids is 1. The van der Waals surface area contributed by atoms with E-state index in [-0.39, 0.29) is 17.4 Å². The van der Waals surface area contributed by atoms with Crippen LogP contribution in [-0.2, 0) is 6.42 Å². The van der Waals surface area contributed by atoms with E-state index in [4.69, 9.17) is 0 Å². The molecule has 5 nitrogen and oxygen atoms in total. The van der Waals surface area contributed by atoms with Crippen molar-refractivity contribution in [3.8, 4) is 0 Å². The summed E-state index contributed by atoms with van der Waals surface area (Å²) in [5.41, 5.74) is 1.83. The van der Waals surface area contributed by atoms with Crippen molar-refractivity contribution >= 4 is 17.3 Å². The van der Waals surface area contributed by atoms with Gasteiger partial charge in [-0.25, -0.2) is 4.39 Å². The Labute approximate surface area is 126 Å². The highest BCUT2D eigenvalue weighted by molar-refractivity contribution is 6.06. The molecule has 22 heavy (non-hydrogen) atoms. The van der Waals surface area contributed by atoms with Crippen LogP contribution in [0, 0.1) is 15.9 Å². The molecule has 0 saturated heterocycles. The highest BCUT2D eigenvalue weighted by Gasteiger charge is 2.24. The van der Waals surface area contributed by atoms with Gasteiger partial charge in [-0.2, -0.15) is 0 Å². The highest BCUT2D eigenvalue weighted by atomic mass is 19.1. The Hall–Kier alpha value is -2.76.